The van der Waals surface area contributed by atoms with Crippen LogP contribution in [-0.4, -0.2) is 37.3 Å². The number of benzene rings is 1. The number of rotatable bonds is 7. The second-order valence-corrected chi connectivity index (χ2v) is 6.08. The van der Waals surface area contributed by atoms with Crippen molar-refractivity contribution in [3.63, 3.8) is 0 Å². The molecule has 1 aromatic carbocycles. The zero-order valence-electron chi connectivity index (χ0n) is 16.0. The predicted molar refractivity (Wildman–Crippen MR) is 114 cm³/mol. The predicted octanol–water partition coefficient (Wildman–Crippen LogP) is 4.00. The summed E-state index contributed by atoms with van der Waals surface area (Å²) in [5.41, 5.74) is 2.61. The molecular formula is C19H23F4IN4O. The van der Waals surface area contributed by atoms with Crippen molar-refractivity contribution in [3.05, 3.63) is 59.0 Å². The van der Waals surface area contributed by atoms with Crippen LogP contribution in [0, 0.1) is 12.7 Å². The third-order valence-corrected chi connectivity index (χ3v) is 3.86. The highest BCUT2D eigenvalue weighted by atomic mass is 127. The van der Waals surface area contributed by atoms with Gasteiger partial charge in [-0.25, -0.2) is 9.37 Å². The van der Waals surface area contributed by atoms with Crippen LogP contribution in [0.25, 0.3) is 0 Å². The molecule has 0 unspecified atom stereocenters. The molecule has 0 aliphatic heterocycles. The van der Waals surface area contributed by atoms with Crippen molar-refractivity contribution < 1.29 is 22.3 Å². The number of halogens is 5. The van der Waals surface area contributed by atoms with Crippen molar-refractivity contribution in [2.75, 3.05) is 20.2 Å². The first-order chi connectivity index (χ1) is 13.3. The normalized spacial score (nSPS) is 11.6. The number of pyridine rings is 1. The highest BCUT2D eigenvalue weighted by molar-refractivity contribution is 14.0. The molecule has 10 heteroatoms. The summed E-state index contributed by atoms with van der Waals surface area (Å²) in [5, 5.41) is 6.21. The van der Waals surface area contributed by atoms with Crippen molar-refractivity contribution in [2.24, 2.45) is 4.99 Å². The third kappa shape index (κ3) is 9.29. The summed E-state index contributed by atoms with van der Waals surface area (Å²) in [6.07, 6.45) is -2.33. The minimum Gasteiger partial charge on any atom is -0.468 e. The lowest BCUT2D eigenvalue weighted by molar-refractivity contribution is -0.154. The molecule has 0 fully saturated rings. The van der Waals surface area contributed by atoms with E-state index in [1.807, 2.05) is 6.92 Å². The van der Waals surface area contributed by atoms with Crippen LogP contribution in [0.4, 0.5) is 17.6 Å². The van der Waals surface area contributed by atoms with E-state index < -0.39 is 12.8 Å². The molecule has 1 heterocycles. The molecule has 0 atom stereocenters. The number of nitrogens with zero attached hydrogens (tertiary/aromatic N) is 2. The Bertz CT molecular complexity index is 815. The summed E-state index contributed by atoms with van der Waals surface area (Å²) in [6.45, 7) is 1.39. The van der Waals surface area contributed by atoms with E-state index in [4.69, 9.17) is 0 Å². The number of aromatic nitrogens is 1. The molecule has 29 heavy (non-hydrogen) atoms. The van der Waals surface area contributed by atoms with Crippen molar-refractivity contribution in [1.82, 2.24) is 15.6 Å². The average Bonchev–Trinajstić information content (AvgIpc) is 2.64. The number of hydrogen-bond acceptors (Lipinski definition) is 3. The second kappa shape index (κ2) is 11.8. The van der Waals surface area contributed by atoms with E-state index in [0.29, 0.717) is 31.0 Å². The van der Waals surface area contributed by atoms with Crippen LogP contribution in [0.15, 0.2) is 41.5 Å². The fourth-order valence-corrected chi connectivity index (χ4v) is 2.46. The number of hydrogen-bond donors (Lipinski definition) is 2. The molecule has 0 spiro atoms. The van der Waals surface area contributed by atoms with Gasteiger partial charge >= 0.3 is 6.18 Å². The van der Waals surface area contributed by atoms with Crippen LogP contribution in [0.5, 0.6) is 5.88 Å². The molecule has 0 amide bonds. The Hall–Kier alpha value is -2.11. The Morgan fingerprint density at radius 2 is 1.93 bits per heavy atom. The number of aryl methyl sites for hydroxylation is 1. The van der Waals surface area contributed by atoms with E-state index in [2.05, 4.69) is 25.3 Å². The number of nitrogens with one attached hydrogen (secondary N) is 2. The third-order valence-electron chi connectivity index (χ3n) is 3.86. The molecule has 160 valence electrons. The zero-order valence-corrected chi connectivity index (χ0v) is 18.3. The largest absolute Gasteiger partial charge is 0.468 e. The molecular weight excluding hydrogens is 503 g/mol. The van der Waals surface area contributed by atoms with Gasteiger partial charge in [0.05, 0.1) is 0 Å². The number of guanidine groups is 1. The van der Waals surface area contributed by atoms with Crippen LogP contribution in [0.1, 0.15) is 16.7 Å². The molecule has 5 nitrogen and oxygen atoms in total. The Balaban J connectivity index is 0.00000420. The molecule has 0 aliphatic rings. The first kappa shape index (κ1) is 24.9. The topological polar surface area (TPSA) is 58.5 Å². The van der Waals surface area contributed by atoms with E-state index in [1.54, 1.807) is 19.2 Å². The van der Waals surface area contributed by atoms with Gasteiger partial charge < -0.3 is 15.4 Å². The monoisotopic (exact) mass is 526 g/mol. The second-order valence-electron chi connectivity index (χ2n) is 6.08. The lowest BCUT2D eigenvalue weighted by Gasteiger charge is -2.13. The van der Waals surface area contributed by atoms with Crippen molar-refractivity contribution in [3.8, 4) is 5.88 Å². The first-order valence-corrected chi connectivity index (χ1v) is 8.61. The highest BCUT2D eigenvalue weighted by Gasteiger charge is 2.28. The standard InChI is InChI=1S/C19H22F4N4O.HI/c1-13-9-16(20)4-3-15(13)6-8-26-18(24-2)27-11-14-5-7-25-17(10-14)28-12-19(21,22)23;/h3-5,7,9-10H,6,8,11-12H2,1-2H3,(H2,24,26,27);1H. The van der Waals surface area contributed by atoms with Crippen LogP contribution < -0.4 is 15.4 Å². The van der Waals surface area contributed by atoms with Crippen LogP contribution in [0.2, 0.25) is 0 Å². The van der Waals surface area contributed by atoms with Crippen LogP contribution in [0.3, 0.4) is 0 Å². The summed E-state index contributed by atoms with van der Waals surface area (Å²) >= 11 is 0. The summed E-state index contributed by atoms with van der Waals surface area (Å²) in [5.74, 6) is 0.184. The molecule has 2 aromatic rings. The molecule has 2 N–H and O–H groups in total. The van der Waals surface area contributed by atoms with Gasteiger partial charge in [0, 0.05) is 32.4 Å². The highest BCUT2D eigenvalue weighted by Crippen LogP contribution is 2.17. The van der Waals surface area contributed by atoms with Gasteiger partial charge in [-0.15, -0.1) is 24.0 Å². The first-order valence-electron chi connectivity index (χ1n) is 8.61. The Morgan fingerprint density at radius 1 is 1.17 bits per heavy atom. The van der Waals surface area contributed by atoms with E-state index in [1.165, 1.54) is 24.4 Å². The maximum atomic E-state index is 13.1. The summed E-state index contributed by atoms with van der Waals surface area (Å²) in [4.78, 5) is 7.87. The van der Waals surface area contributed by atoms with Crippen molar-refractivity contribution in [1.29, 1.82) is 0 Å². The number of alkyl halides is 3. The van der Waals surface area contributed by atoms with E-state index in [0.717, 1.165) is 11.1 Å². The van der Waals surface area contributed by atoms with Crippen LogP contribution in [-0.2, 0) is 13.0 Å². The van der Waals surface area contributed by atoms with E-state index >= 15 is 0 Å². The van der Waals surface area contributed by atoms with Crippen molar-refractivity contribution >= 4 is 29.9 Å². The lowest BCUT2D eigenvalue weighted by atomic mass is 10.1. The van der Waals surface area contributed by atoms with Gasteiger partial charge in [-0.1, -0.05) is 6.07 Å². The molecule has 1 aromatic heterocycles. The molecule has 0 saturated carbocycles. The van der Waals surface area contributed by atoms with E-state index in [-0.39, 0.29) is 35.7 Å². The maximum Gasteiger partial charge on any atom is 0.422 e. The minimum atomic E-state index is -4.41. The van der Waals surface area contributed by atoms with Gasteiger partial charge in [0.1, 0.15) is 5.82 Å². The maximum absolute atomic E-state index is 13.1. The van der Waals surface area contributed by atoms with E-state index in [9.17, 15) is 17.6 Å². The Kier molecular flexibility index (Phi) is 10.1. The van der Waals surface area contributed by atoms with Gasteiger partial charge in [0.2, 0.25) is 5.88 Å². The van der Waals surface area contributed by atoms with Gasteiger partial charge in [-0.05, 0) is 48.2 Å². The molecule has 0 aliphatic carbocycles. The quantitative estimate of drug-likeness (QED) is 0.248. The summed E-state index contributed by atoms with van der Waals surface area (Å²) in [6, 6.07) is 7.78. The fourth-order valence-electron chi connectivity index (χ4n) is 2.46. The van der Waals surface area contributed by atoms with Gasteiger partial charge in [0.25, 0.3) is 0 Å². The molecule has 2 rings (SSSR count). The Labute approximate surface area is 184 Å². The van der Waals surface area contributed by atoms with Gasteiger partial charge in [0.15, 0.2) is 12.6 Å². The minimum absolute atomic E-state index is 0. The zero-order chi connectivity index (χ0) is 20.6. The van der Waals surface area contributed by atoms with Crippen LogP contribution >= 0.6 is 24.0 Å². The van der Waals surface area contributed by atoms with Gasteiger partial charge in [-0.2, -0.15) is 13.2 Å². The average molecular weight is 526 g/mol. The Morgan fingerprint density at radius 3 is 2.59 bits per heavy atom. The fraction of sp³-hybridized carbons (Fsp3) is 0.368. The number of aliphatic imine (C=N–C) groups is 1. The number of ether oxygens (including phenoxy) is 1. The molecule has 0 radical (unpaired) electrons. The summed E-state index contributed by atoms with van der Waals surface area (Å²) < 4.78 is 54.4. The van der Waals surface area contributed by atoms with Gasteiger partial charge in [-0.3, -0.25) is 4.99 Å². The lowest BCUT2D eigenvalue weighted by Crippen LogP contribution is -2.37. The van der Waals surface area contributed by atoms with Crippen molar-refractivity contribution in [2.45, 2.75) is 26.1 Å². The SMILES string of the molecule is CN=C(NCCc1ccc(F)cc1C)NCc1ccnc(OCC(F)(F)F)c1.I. The molecule has 0 saturated heterocycles. The summed E-state index contributed by atoms with van der Waals surface area (Å²) in [7, 11) is 1.61. The molecule has 0 bridgehead atoms. The smallest absolute Gasteiger partial charge is 0.422 e.